The Balaban J connectivity index is 1.36. The van der Waals surface area contributed by atoms with Crippen LogP contribution in [-0.2, 0) is 11.4 Å². The van der Waals surface area contributed by atoms with E-state index in [0.29, 0.717) is 12.5 Å². The van der Waals surface area contributed by atoms with Crippen LogP contribution in [0, 0.1) is 17.3 Å². The van der Waals surface area contributed by atoms with Crippen LogP contribution in [0.2, 0.25) is 0 Å². The van der Waals surface area contributed by atoms with Gasteiger partial charge in [0.15, 0.2) is 0 Å². The number of amides is 1. The maximum atomic E-state index is 12.5. The highest BCUT2D eigenvalue weighted by Crippen LogP contribution is 2.66. The van der Waals surface area contributed by atoms with Crippen LogP contribution in [0.25, 0.3) is 0 Å². The van der Waals surface area contributed by atoms with Crippen LogP contribution in [0.3, 0.4) is 0 Å². The number of benzene rings is 2. The normalized spacial score (nSPS) is 25.5. The van der Waals surface area contributed by atoms with Crippen molar-refractivity contribution in [1.82, 2.24) is 5.43 Å². The van der Waals surface area contributed by atoms with Gasteiger partial charge in [-0.15, -0.1) is 0 Å². The van der Waals surface area contributed by atoms with Crippen molar-refractivity contribution in [3.05, 3.63) is 62.5 Å². The fourth-order valence-corrected chi connectivity index (χ4v) is 6.06. The lowest BCUT2D eigenvalue weighted by molar-refractivity contribution is -0.123. The predicted octanol–water partition coefficient (Wildman–Crippen LogP) is 6.07. The second-order valence-electron chi connectivity index (χ2n) is 8.16. The fraction of sp³-hybridized carbons (Fsp3) is 0.391. The van der Waals surface area contributed by atoms with Gasteiger partial charge in [0.25, 0.3) is 0 Å². The fourth-order valence-electron chi connectivity index (χ4n) is 4.61. The molecule has 4 nitrogen and oxygen atoms in total. The standard InChI is InChI=1S/C23H24Br2N2O2/c1-23-10-6-5-9-17(23)20(23)22(28)27-26-13-16-11-18(24)21(19(25)12-16)29-14-15-7-3-2-4-8-15/h2-4,7-8,11-13,17,20H,5-6,9-10,14H2,1H3,(H,27,28)/b26-13-/t17-,20-,23-/m0/s1. The second kappa shape index (κ2) is 8.60. The van der Waals surface area contributed by atoms with Gasteiger partial charge < -0.3 is 4.74 Å². The minimum Gasteiger partial charge on any atom is -0.487 e. The van der Waals surface area contributed by atoms with E-state index in [-0.39, 0.29) is 17.2 Å². The van der Waals surface area contributed by atoms with Crippen LogP contribution in [-0.4, -0.2) is 12.1 Å². The molecule has 0 bridgehead atoms. The van der Waals surface area contributed by atoms with Crippen LogP contribution in [0.15, 0.2) is 56.5 Å². The number of fused-ring (bicyclic) bond motifs is 1. The molecule has 152 valence electrons. The average Bonchev–Trinajstić information content (AvgIpc) is 3.33. The molecule has 3 atom stereocenters. The van der Waals surface area contributed by atoms with Gasteiger partial charge in [-0.05, 0) is 79.3 Å². The second-order valence-corrected chi connectivity index (χ2v) is 9.87. The lowest BCUT2D eigenvalue weighted by Gasteiger charge is -2.15. The summed E-state index contributed by atoms with van der Waals surface area (Å²) in [7, 11) is 0. The monoisotopic (exact) mass is 518 g/mol. The molecule has 2 aromatic rings. The number of rotatable bonds is 6. The van der Waals surface area contributed by atoms with E-state index in [1.807, 2.05) is 42.5 Å². The smallest absolute Gasteiger partial charge is 0.244 e. The topological polar surface area (TPSA) is 50.7 Å². The first kappa shape index (κ1) is 20.6. The first-order chi connectivity index (χ1) is 14.0. The molecule has 2 aliphatic rings. The van der Waals surface area contributed by atoms with Gasteiger partial charge in [-0.1, -0.05) is 50.1 Å². The maximum absolute atomic E-state index is 12.5. The minimum absolute atomic E-state index is 0.0524. The molecule has 4 rings (SSSR count). The number of hydrogen-bond acceptors (Lipinski definition) is 3. The van der Waals surface area contributed by atoms with Gasteiger partial charge in [-0.25, -0.2) is 5.43 Å². The molecule has 29 heavy (non-hydrogen) atoms. The molecule has 0 radical (unpaired) electrons. The van der Waals surface area contributed by atoms with Crippen LogP contribution >= 0.6 is 31.9 Å². The summed E-state index contributed by atoms with van der Waals surface area (Å²) in [6.45, 7) is 2.73. The van der Waals surface area contributed by atoms with Crippen molar-refractivity contribution in [1.29, 1.82) is 0 Å². The first-order valence-electron chi connectivity index (χ1n) is 9.98. The number of nitrogens with one attached hydrogen (secondary N) is 1. The Morgan fingerprint density at radius 2 is 1.97 bits per heavy atom. The van der Waals surface area contributed by atoms with E-state index in [1.54, 1.807) is 6.21 Å². The Labute approximate surface area is 188 Å². The quantitative estimate of drug-likeness (QED) is 0.372. The van der Waals surface area contributed by atoms with E-state index >= 15 is 0 Å². The van der Waals surface area contributed by atoms with Crippen LogP contribution in [0.1, 0.15) is 43.7 Å². The highest BCUT2D eigenvalue weighted by Gasteiger charge is 2.64. The van der Waals surface area contributed by atoms with Gasteiger partial charge >= 0.3 is 0 Å². The first-order valence-corrected chi connectivity index (χ1v) is 11.6. The van der Waals surface area contributed by atoms with E-state index in [1.165, 1.54) is 19.3 Å². The molecule has 2 aromatic carbocycles. The lowest BCUT2D eigenvalue weighted by atomic mass is 9.90. The van der Waals surface area contributed by atoms with E-state index in [4.69, 9.17) is 4.74 Å². The summed E-state index contributed by atoms with van der Waals surface area (Å²) in [5.74, 6) is 1.45. The Morgan fingerprint density at radius 3 is 2.62 bits per heavy atom. The third-order valence-electron chi connectivity index (χ3n) is 6.25. The van der Waals surface area contributed by atoms with Gasteiger partial charge in [0, 0.05) is 5.92 Å². The van der Waals surface area contributed by atoms with Crippen LogP contribution in [0.4, 0.5) is 0 Å². The van der Waals surface area contributed by atoms with E-state index in [0.717, 1.165) is 32.2 Å². The average molecular weight is 520 g/mol. The molecule has 0 heterocycles. The molecule has 0 saturated heterocycles. The summed E-state index contributed by atoms with van der Waals surface area (Å²) >= 11 is 7.14. The highest BCUT2D eigenvalue weighted by atomic mass is 79.9. The molecule has 1 N–H and O–H groups in total. The van der Waals surface area contributed by atoms with Crippen LogP contribution < -0.4 is 10.2 Å². The molecular weight excluding hydrogens is 496 g/mol. The molecule has 0 aliphatic heterocycles. The van der Waals surface area contributed by atoms with Crippen molar-refractivity contribution < 1.29 is 9.53 Å². The van der Waals surface area contributed by atoms with Crippen LogP contribution in [0.5, 0.6) is 5.75 Å². The van der Waals surface area contributed by atoms with Crippen molar-refractivity contribution >= 4 is 44.0 Å². The number of nitrogens with zero attached hydrogens (tertiary/aromatic N) is 1. The number of halogens is 2. The summed E-state index contributed by atoms with van der Waals surface area (Å²) < 4.78 is 7.61. The van der Waals surface area contributed by atoms with Crippen molar-refractivity contribution in [2.45, 2.75) is 39.2 Å². The molecule has 2 saturated carbocycles. The highest BCUT2D eigenvalue weighted by molar-refractivity contribution is 9.11. The number of carbonyl (C=O) groups is 1. The summed E-state index contributed by atoms with van der Waals surface area (Å²) in [4.78, 5) is 12.5. The lowest BCUT2D eigenvalue weighted by Crippen LogP contribution is -2.22. The molecule has 2 fully saturated rings. The Kier molecular flexibility index (Phi) is 6.11. The molecule has 0 unspecified atom stereocenters. The summed E-state index contributed by atoms with van der Waals surface area (Å²) in [5.41, 5.74) is 4.92. The van der Waals surface area contributed by atoms with E-state index in [9.17, 15) is 4.79 Å². The molecular formula is C23H24Br2N2O2. The van der Waals surface area contributed by atoms with Gasteiger partial charge in [0.2, 0.25) is 5.91 Å². The van der Waals surface area contributed by atoms with Crippen molar-refractivity contribution in [2.24, 2.45) is 22.4 Å². The van der Waals surface area contributed by atoms with Crippen molar-refractivity contribution in [2.75, 3.05) is 0 Å². The Bertz CT molecular complexity index is 909. The maximum Gasteiger partial charge on any atom is 0.244 e. The molecule has 0 aromatic heterocycles. The zero-order valence-electron chi connectivity index (χ0n) is 16.3. The number of carbonyl (C=O) groups excluding carboxylic acids is 1. The third kappa shape index (κ3) is 4.43. The summed E-state index contributed by atoms with van der Waals surface area (Å²) in [5, 5.41) is 4.19. The summed E-state index contributed by atoms with van der Waals surface area (Å²) in [6, 6.07) is 13.9. The largest absolute Gasteiger partial charge is 0.487 e. The van der Waals surface area contributed by atoms with E-state index < -0.39 is 0 Å². The van der Waals surface area contributed by atoms with Gasteiger partial charge in [-0.2, -0.15) is 5.10 Å². The zero-order valence-corrected chi connectivity index (χ0v) is 19.5. The van der Waals surface area contributed by atoms with Gasteiger partial charge in [0.1, 0.15) is 12.4 Å². The Hall–Kier alpha value is -1.66. The Morgan fingerprint density at radius 1 is 1.24 bits per heavy atom. The molecule has 0 spiro atoms. The SMILES string of the molecule is C[C@]12CCCC[C@H]1[C@H]2C(=O)N/N=C\c1cc(Br)c(OCc2ccccc2)c(Br)c1. The number of hydrogen-bond donors (Lipinski definition) is 1. The number of ether oxygens (including phenoxy) is 1. The number of hydrazone groups is 1. The van der Waals surface area contributed by atoms with Crippen molar-refractivity contribution in [3.63, 3.8) is 0 Å². The molecule has 6 heteroatoms. The van der Waals surface area contributed by atoms with Gasteiger partial charge in [-0.3, -0.25) is 4.79 Å². The molecule has 1 amide bonds. The predicted molar refractivity (Wildman–Crippen MR) is 122 cm³/mol. The summed E-state index contributed by atoms with van der Waals surface area (Å²) in [6.07, 6.45) is 6.48. The molecule has 2 aliphatic carbocycles. The zero-order chi connectivity index (χ0) is 20.4. The van der Waals surface area contributed by atoms with E-state index in [2.05, 4.69) is 49.3 Å². The van der Waals surface area contributed by atoms with Crippen molar-refractivity contribution in [3.8, 4) is 5.75 Å². The third-order valence-corrected chi connectivity index (χ3v) is 7.43. The minimum atomic E-state index is 0.0524. The van der Waals surface area contributed by atoms with Gasteiger partial charge in [0.05, 0.1) is 15.2 Å².